The van der Waals surface area contributed by atoms with Crippen LogP contribution in [0.15, 0.2) is 30.9 Å². The summed E-state index contributed by atoms with van der Waals surface area (Å²) in [7, 11) is -2.77. The molecule has 0 amide bonds. The fourth-order valence-corrected chi connectivity index (χ4v) is 2.37. The molecule has 0 spiro atoms. The molecule has 2 rings (SSSR count). The Balaban J connectivity index is 0.000000300. The lowest BCUT2D eigenvalue weighted by atomic mass is 10.0. The molecule has 0 saturated heterocycles. The second-order valence-corrected chi connectivity index (χ2v) is 5.06. The summed E-state index contributed by atoms with van der Waals surface area (Å²) >= 11 is 0. The first-order chi connectivity index (χ1) is 8.93. The van der Waals surface area contributed by atoms with Gasteiger partial charge in [0, 0.05) is 12.4 Å². The molecule has 0 aliphatic carbocycles. The van der Waals surface area contributed by atoms with E-state index in [9.17, 15) is 9.36 Å². The molecule has 1 aromatic heterocycles. The molecule has 0 radical (unpaired) electrons. The van der Waals surface area contributed by atoms with Gasteiger partial charge in [-0.3, -0.25) is 0 Å². The Bertz CT molecular complexity index is 539. The topological polar surface area (TPSA) is 83.0 Å². The average molecular weight is 279 g/mol. The molecule has 1 atom stereocenters. The van der Waals surface area contributed by atoms with Gasteiger partial charge < -0.3 is 4.98 Å². The van der Waals surface area contributed by atoms with Gasteiger partial charge >= 0.3 is 13.6 Å². The summed E-state index contributed by atoms with van der Waals surface area (Å²) in [5.41, 5.74) is 2.24. The van der Waals surface area contributed by atoms with E-state index in [0.29, 0.717) is 5.56 Å². The summed E-state index contributed by atoms with van der Waals surface area (Å²) < 4.78 is 10.7. The Morgan fingerprint density at radius 2 is 1.84 bits per heavy atom. The maximum absolute atomic E-state index is 11.4. The summed E-state index contributed by atoms with van der Waals surface area (Å²) in [4.78, 5) is 26.5. The Morgan fingerprint density at radius 3 is 2.16 bits per heavy atom. The normalized spacial score (nSPS) is 10.4. The third-order valence-electron chi connectivity index (χ3n) is 2.47. The maximum Gasteiger partial charge on any atom is 0.590 e. The molecule has 0 fully saturated rings. The molecular formula is C13H16N2O3P+. The van der Waals surface area contributed by atoms with Gasteiger partial charge in [-0.1, -0.05) is 17.7 Å². The SMILES string of the molecule is Cc1cc(C)c(C(=O)[P+](=O)O)c(C)c1.c1c[nH]cn1. The largest absolute Gasteiger partial charge is 0.590 e. The van der Waals surface area contributed by atoms with Crippen LogP contribution in [0.25, 0.3) is 0 Å². The lowest BCUT2D eigenvalue weighted by molar-refractivity contribution is 0.106. The Labute approximate surface area is 112 Å². The van der Waals surface area contributed by atoms with Crippen LogP contribution in [-0.4, -0.2) is 20.4 Å². The van der Waals surface area contributed by atoms with Crippen molar-refractivity contribution in [2.24, 2.45) is 0 Å². The number of aromatic nitrogens is 2. The number of carbonyl (C=O) groups is 1. The first-order valence-corrected chi connectivity index (χ1v) is 6.85. The molecule has 1 heterocycles. The first-order valence-electron chi connectivity index (χ1n) is 5.64. The van der Waals surface area contributed by atoms with Gasteiger partial charge in [0.25, 0.3) is 0 Å². The van der Waals surface area contributed by atoms with Crippen molar-refractivity contribution in [1.82, 2.24) is 9.97 Å². The lowest BCUT2D eigenvalue weighted by Crippen LogP contribution is -2.00. The van der Waals surface area contributed by atoms with Crippen molar-refractivity contribution >= 4 is 13.6 Å². The van der Waals surface area contributed by atoms with Gasteiger partial charge in [-0.05, 0) is 36.5 Å². The maximum atomic E-state index is 11.4. The number of carbonyl (C=O) groups excluding carboxylic acids is 1. The van der Waals surface area contributed by atoms with Gasteiger partial charge in [0.2, 0.25) is 0 Å². The molecule has 0 bridgehead atoms. The van der Waals surface area contributed by atoms with Gasteiger partial charge in [-0.25, -0.2) is 9.78 Å². The van der Waals surface area contributed by atoms with Crippen LogP contribution in [0.3, 0.4) is 0 Å². The van der Waals surface area contributed by atoms with Crippen LogP contribution in [0, 0.1) is 20.8 Å². The smallest absolute Gasteiger partial charge is 0.351 e. The van der Waals surface area contributed by atoms with Crippen molar-refractivity contribution in [3.8, 4) is 0 Å². The molecule has 5 nitrogen and oxygen atoms in total. The second kappa shape index (κ2) is 6.92. The molecule has 0 aliphatic rings. The minimum Gasteiger partial charge on any atom is -0.351 e. The van der Waals surface area contributed by atoms with E-state index in [1.807, 2.05) is 19.1 Å². The number of nitrogens with zero attached hydrogens (tertiary/aromatic N) is 1. The van der Waals surface area contributed by atoms with Crippen LogP contribution in [0.1, 0.15) is 27.0 Å². The number of rotatable bonds is 2. The minimum absolute atomic E-state index is 0.374. The zero-order valence-corrected chi connectivity index (χ0v) is 11.9. The molecule has 6 heteroatoms. The second-order valence-electron chi connectivity index (χ2n) is 4.11. The van der Waals surface area contributed by atoms with E-state index in [2.05, 4.69) is 9.97 Å². The van der Waals surface area contributed by atoms with Crippen molar-refractivity contribution in [2.75, 3.05) is 0 Å². The summed E-state index contributed by atoms with van der Waals surface area (Å²) in [6, 6.07) is 3.66. The predicted octanol–water partition coefficient (Wildman–Crippen LogP) is 2.90. The number of H-pyrrole nitrogens is 1. The molecule has 2 aromatic rings. The fraction of sp³-hybridized carbons (Fsp3) is 0.231. The van der Waals surface area contributed by atoms with Crippen molar-refractivity contribution in [3.63, 3.8) is 0 Å². The van der Waals surface area contributed by atoms with E-state index in [1.54, 1.807) is 32.6 Å². The predicted molar refractivity (Wildman–Crippen MR) is 73.4 cm³/mol. The van der Waals surface area contributed by atoms with Crippen molar-refractivity contribution < 1.29 is 14.3 Å². The van der Waals surface area contributed by atoms with Crippen molar-refractivity contribution in [2.45, 2.75) is 20.8 Å². The lowest BCUT2D eigenvalue weighted by Gasteiger charge is -2.03. The van der Waals surface area contributed by atoms with Gasteiger partial charge in [0.05, 0.1) is 11.9 Å². The van der Waals surface area contributed by atoms with Crippen LogP contribution in [0.2, 0.25) is 0 Å². The third-order valence-corrected chi connectivity index (χ3v) is 3.04. The highest BCUT2D eigenvalue weighted by Crippen LogP contribution is 2.27. The third kappa shape index (κ3) is 4.39. The van der Waals surface area contributed by atoms with Crippen LogP contribution in [0.5, 0.6) is 0 Å². The van der Waals surface area contributed by atoms with Crippen molar-refractivity contribution in [1.29, 1.82) is 0 Å². The zero-order valence-electron chi connectivity index (χ0n) is 11.0. The highest BCUT2D eigenvalue weighted by Gasteiger charge is 2.30. The van der Waals surface area contributed by atoms with Gasteiger partial charge in [0.15, 0.2) is 0 Å². The number of hydrogen-bond acceptors (Lipinski definition) is 3. The van der Waals surface area contributed by atoms with Crippen LogP contribution in [0.4, 0.5) is 0 Å². The Hall–Kier alpha value is -1.84. The quantitative estimate of drug-likeness (QED) is 0.828. The summed E-state index contributed by atoms with van der Waals surface area (Å²) in [5, 5.41) is 0. The van der Waals surface area contributed by atoms with Gasteiger partial charge in [-0.15, -0.1) is 0 Å². The van der Waals surface area contributed by atoms with Crippen LogP contribution < -0.4 is 0 Å². The van der Waals surface area contributed by atoms with E-state index in [-0.39, 0.29) is 0 Å². The van der Waals surface area contributed by atoms with Crippen LogP contribution >= 0.6 is 8.03 Å². The average Bonchev–Trinajstić information content (AvgIpc) is 2.85. The monoisotopic (exact) mass is 279 g/mol. The summed E-state index contributed by atoms with van der Waals surface area (Å²) in [5.74, 6) is 0. The molecular weight excluding hydrogens is 263 g/mol. The number of imidazole rings is 1. The van der Waals surface area contributed by atoms with E-state index < -0.39 is 13.6 Å². The zero-order chi connectivity index (χ0) is 14.4. The number of aryl methyl sites for hydroxylation is 3. The van der Waals surface area contributed by atoms with E-state index in [1.165, 1.54) is 0 Å². The summed E-state index contributed by atoms with van der Waals surface area (Å²) in [6.07, 6.45) is 5.08. The highest BCUT2D eigenvalue weighted by atomic mass is 31.1. The Kier molecular flexibility index (Phi) is 5.55. The van der Waals surface area contributed by atoms with E-state index >= 15 is 0 Å². The molecule has 1 unspecified atom stereocenters. The molecule has 0 saturated carbocycles. The standard InChI is InChI=1S/C10H11O3P.C3H4N2/c1-6-4-7(2)9(8(3)5-6)10(11)14(12)13;1-2-5-3-4-1/h4-5H,1-3H3;1-3H,(H,4,5)/p+1. The first kappa shape index (κ1) is 15.2. The number of benzene rings is 1. The fourth-order valence-electron chi connectivity index (χ4n) is 1.83. The Morgan fingerprint density at radius 1 is 1.26 bits per heavy atom. The molecule has 19 heavy (non-hydrogen) atoms. The molecule has 0 aliphatic heterocycles. The minimum atomic E-state index is -2.77. The molecule has 100 valence electrons. The number of nitrogens with one attached hydrogen (secondary N) is 1. The van der Waals surface area contributed by atoms with E-state index in [4.69, 9.17) is 4.89 Å². The van der Waals surface area contributed by atoms with E-state index in [0.717, 1.165) is 16.7 Å². The number of hydrogen-bond donors (Lipinski definition) is 2. The highest BCUT2D eigenvalue weighted by molar-refractivity contribution is 7.59. The molecule has 2 N–H and O–H groups in total. The van der Waals surface area contributed by atoms with Gasteiger partial charge in [0.1, 0.15) is 0 Å². The van der Waals surface area contributed by atoms with Crippen LogP contribution in [-0.2, 0) is 4.57 Å². The summed E-state index contributed by atoms with van der Waals surface area (Å²) in [6.45, 7) is 5.46. The molecule has 1 aromatic carbocycles. The van der Waals surface area contributed by atoms with Gasteiger partial charge in [-0.2, -0.15) is 4.89 Å². The van der Waals surface area contributed by atoms with Crippen molar-refractivity contribution in [3.05, 3.63) is 53.1 Å². The number of aromatic amines is 1.